The topological polar surface area (TPSA) is 92.0 Å². The molecular formula is C17H17N3O4S. The smallest absolute Gasteiger partial charge is 0.345 e. The third-order valence-corrected chi connectivity index (χ3v) is 5.14. The molecule has 1 N–H and O–H groups in total. The standard InChI is InChI=1S/C17H17N3O4S/c1-12(13-7-4-3-5-8-13)18-17(21)15-11-14(16-9-6-10-24-16)19-25(22,23)20(15)2/h3-12H,1-2H3,(H,18,21). The lowest BCUT2D eigenvalue weighted by Crippen LogP contribution is -2.39. The highest BCUT2D eigenvalue weighted by Crippen LogP contribution is 2.21. The summed E-state index contributed by atoms with van der Waals surface area (Å²) in [4.78, 5) is 12.6. The number of hydrogen-bond donors (Lipinski definition) is 1. The number of nitrogens with one attached hydrogen (secondary N) is 1. The zero-order chi connectivity index (χ0) is 18.0. The molecule has 25 heavy (non-hydrogen) atoms. The maximum absolute atomic E-state index is 12.6. The quantitative estimate of drug-likeness (QED) is 0.904. The average Bonchev–Trinajstić information content (AvgIpc) is 3.12. The zero-order valence-electron chi connectivity index (χ0n) is 13.7. The summed E-state index contributed by atoms with van der Waals surface area (Å²) in [6, 6.07) is 12.3. The van der Waals surface area contributed by atoms with Crippen LogP contribution in [0.3, 0.4) is 0 Å². The summed E-state index contributed by atoms with van der Waals surface area (Å²) in [7, 11) is -2.71. The van der Waals surface area contributed by atoms with E-state index < -0.39 is 16.1 Å². The van der Waals surface area contributed by atoms with Crippen LogP contribution in [0.15, 0.2) is 69.3 Å². The Morgan fingerprint density at radius 3 is 2.56 bits per heavy atom. The third-order valence-electron chi connectivity index (χ3n) is 3.83. The fourth-order valence-electron chi connectivity index (χ4n) is 2.40. The van der Waals surface area contributed by atoms with Crippen molar-refractivity contribution in [3.63, 3.8) is 0 Å². The second-order valence-electron chi connectivity index (χ2n) is 5.53. The summed E-state index contributed by atoms with van der Waals surface area (Å²) < 4.78 is 34.2. The minimum absolute atomic E-state index is 0.0239. The molecular weight excluding hydrogens is 342 g/mol. The lowest BCUT2D eigenvalue weighted by Gasteiger charge is -2.24. The van der Waals surface area contributed by atoms with Crippen LogP contribution in [0, 0.1) is 0 Å². The Morgan fingerprint density at radius 1 is 1.20 bits per heavy atom. The van der Waals surface area contributed by atoms with Gasteiger partial charge in [-0.25, -0.2) is 4.31 Å². The molecule has 0 radical (unpaired) electrons. The molecule has 8 heteroatoms. The third kappa shape index (κ3) is 3.48. The van der Waals surface area contributed by atoms with E-state index in [-0.39, 0.29) is 23.2 Å². The summed E-state index contributed by atoms with van der Waals surface area (Å²) in [5.41, 5.74) is 0.975. The first-order valence-electron chi connectivity index (χ1n) is 7.58. The van der Waals surface area contributed by atoms with Crippen molar-refractivity contribution in [2.24, 2.45) is 4.40 Å². The van der Waals surface area contributed by atoms with Gasteiger partial charge in [0.05, 0.1) is 12.3 Å². The Kier molecular flexibility index (Phi) is 4.45. The van der Waals surface area contributed by atoms with Crippen molar-refractivity contribution < 1.29 is 17.6 Å². The van der Waals surface area contributed by atoms with Gasteiger partial charge in [0, 0.05) is 7.05 Å². The largest absolute Gasteiger partial charge is 0.463 e. The number of carbonyl (C=O) groups excluding carboxylic acids is 1. The highest BCUT2D eigenvalue weighted by molar-refractivity contribution is 7.88. The summed E-state index contributed by atoms with van der Waals surface area (Å²) >= 11 is 0. The van der Waals surface area contributed by atoms with Crippen molar-refractivity contribution in [3.8, 4) is 0 Å². The van der Waals surface area contributed by atoms with Crippen LogP contribution in [0.5, 0.6) is 0 Å². The Balaban J connectivity index is 1.89. The van der Waals surface area contributed by atoms with Gasteiger partial charge in [-0.2, -0.15) is 8.42 Å². The molecule has 7 nitrogen and oxygen atoms in total. The Morgan fingerprint density at radius 2 is 1.92 bits per heavy atom. The summed E-state index contributed by atoms with van der Waals surface area (Å²) in [6.45, 7) is 1.83. The maximum Gasteiger partial charge on any atom is 0.345 e. The van der Waals surface area contributed by atoms with E-state index in [1.54, 1.807) is 12.1 Å². The van der Waals surface area contributed by atoms with Gasteiger partial charge in [0.15, 0.2) is 5.76 Å². The van der Waals surface area contributed by atoms with Gasteiger partial charge in [0.1, 0.15) is 11.4 Å². The molecule has 1 amide bonds. The maximum atomic E-state index is 12.6. The number of furan rings is 1. The summed E-state index contributed by atoms with van der Waals surface area (Å²) in [5, 5.41) is 2.80. The SMILES string of the molecule is CC(NC(=O)C1=CC(c2ccco2)=NS(=O)(=O)N1C)c1ccccc1. The zero-order valence-corrected chi connectivity index (χ0v) is 14.5. The van der Waals surface area contributed by atoms with Crippen molar-refractivity contribution in [1.29, 1.82) is 0 Å². The van der Waals surface area contributed by atoms with E-state index in [1.165, 1.54) is 19.4 Å². The van der Waals surface area contributed by atoms with Gasteiger partial charge in [-0.3, -0.25) is 4.79 Å². The first-order valence-corrected chi connectivity index (χ1v) is 8.98. The second kappa shape index (κ2) is 6.56. The van der Waals surface area contributed by atoms with Crippen LogP contribution in [-0.4, -0.2) is 31.4 Å². The predicted octanol–water partition coefficient (Wildman–Crippen LogP) is 2.02. The number of hydrogen-bond acceptors (Lipinski definition) is 4. The van der Waals surface area contributed by atoms with Gasteiger partial charge in [0.25, 0.3) is 5.91 Å². The molecule has 0 aliphatic carbocycles. The number of carbonyl (C=O) groups is 1. The molecule has 1 unspecified atom stereocenters. The van der Waals surface area contributed by atoms with Crippen molar-refractivity contribution in [2.45, 2.75) is 13.0 Å². The van der Waals surface area contributed by atoms with Gasteiger partial charge in [-0.05, 0) is 30.7 Å². The van der Waals surface area contributed by atoms with E-state index in [4.69, 9.17) is 4.42 Å². The Bertz CT molecular complexity index is 932. The van der Waals surface area contributed by atoms with Crippen molar-refractivity contribution in [1.82, 2.24) is 9.62 Å². The van der Waals surface area contributed by atoms with Crippen LogP contribution in [0.4, 0.5) is 0 Å². The molecule has 1 aliphatic heterocycles. The monoisotopic (exact) mass is 359 g/mol. The molecule has 0 saturated carbocycles. The fourth-order valence-corrected chi connectivity index (χ4v) is 3.30. The fraction of sp³-hybridized carbons (Fsp3) is 0.176. The summed E-state index contributed by atoms with van der Waals surface area (Å²) in [6.07, 6.45) is 2.81. The highest BCUT2D eigenvalue weighted by Gasteiger charge is 2.31. The molecule has 130 valence electrons. The molecule has 2 heterocycles. The first kappa shape index (κ1) is 17.0. The summed E-state index contributed by atoms with van der Waals surface area (Å²) in [5.74, 6) is -0.237. The number of rotatable bonds is 4. The van der Waals surface area contributed by atoms with Crippen molar-refractivity contribution >= 4 is 21.8 Å². The van der Waals surface area contributed by atoms with Crippen molar-refractivity contribution in [2.75, 3.05) is 7.05 Å². The van der Waals surface area contributed by atoms with Crippen LogP contribution in [0.25, 0.3) is 0 Å². The number of allylic oxidation sites excluding steroid dienone is 1. The predicted molar refractivity (Wildman–Crippen MR) is 93.0 cm³/mol. The molecule has 2 aromatic rings. The van der Waals surface area contributed by atoms with Crippen LogP contribution >= 0.6 is 0 Å². The van der Waals surface area contributed by atoms with Gasteiger partial charge >= 0.3 is 10.2 Å². The average molecular weight is 359 g/mol. The first-order chi connectivity index (χ1) is 11.9. The van der Waals surface area contributed by atoms with E-state index in [1.807, 2.05) is 37.3 Å². The number of likely N-dealkylation sites (N-methyl/N-ethyl adjacent to an activating group) is 1. The van der Waals surface area contributed by atoms with E-state index >= 15 is 0 Å². The minimum Gasteiger partial charge on any atom is -0.463 e. The molecule has 0 fully saturated rings. The van der Waals surface area contributed by atoms with Crippen LogP contribution in [-0.2, 0) is 15.0 Å². The lowest BCUT2D eigenvalue weighted by molar-refractivity contribution is -0.119. The van der Waals surface area contributed by atoms with E-state index in [9.17, 15) is 13.2 Å². The Hall–Kier alpha value is -2.87. The van der Waals surface area contributed by atoms with Crippen LogP contribution < -0.4 is 5.32 Å². The molecule has 1 atom stereocenters. The van der Waals surface area contributed by atoms with Gasteiger partial charge in [0.2, 0.25) is 0 Å². The minimum atomic E-state index is -4.00. The molecule has 1 aromatic heterocycles. The van der Waals surface area contributed by atoms with Gasteiger partial charge < -0.3 is 9.73 Å². The Labute approximate surface area is 145 Å². The number of benzene rings is 1. The van der Waals surface area contributed by atoms with Gasteiger partial charge in [-0.1, -0.05) is 30.3 Å². The molecule has 0 spiro atoms. The molecule has 3 rings (SSSR count). The van der Waals surface area contributed by atoms with E-state index in [0.29, 0.717) is 0 Å². The number of amides is 1. The van der Waals surface area contributed by atoms with E-state index in [0.717, 1.165) is 9.87 Å². The van der Waals surface area contributed by atoms with Crippen LogP contribution in [0.2, 0.25) is 0 Å². The van der Waals surface area contributed by atoms with E-state index in [2.05, 4.69) is 9.71 Å². The van der Waals surface area contributed by atoms with Crippen LogP contribution in [0.1, 0.15) is 24.3 Å². The lowest BCUT2D eigenvalue weighted by atomic mass is 10.1. The normalized spacial score (nSPS) is 17.4. The molecule has 1 aliphatic rings. The van der Waals surface area contributed by atoms with Gasteiger partial charge in [-0.15, -0.1) is 4.40 Å². The molecule has 1 aromatic carbocycles. The number of nitrogens with zero attached hydrogens (tertiary/aromatic N) is 2. The molecule has 0 saturated heterocycles. The second-order valence-corrected chi connectivity index (χ2v) is 7.16. The molecule has 0 bridgehead atoms. The highest BCUT2D eigenvalue weighted by atomic mass is 32.2. The van der Waals surface area contributed by atoms with Crippen molar-refractivity contribution in [3.05, 3.63) is 71.8 Å².